The van der Waals surface area contributed by atoms with Crippen LogP contribution in [0.2, 0.25) is 0 Å². The molecule has 0 fully saturated rings. The van der Waals surface area contributed by atoms with E-state index in [1.807, 2.05) is 66.7 Å². The fourth-order valence-corrected chi connectivity index (χ4v) is 9.72. The fraction of sp³-hybridized carbons (Fsp3) is 0.0702. The highest BCUT2D eigenvalue weighted by Gasteiger charge is 2.39. The van der Waals surface area contributed by atoms with Crippen LogP contribution in [0, 0.1) is 11.3 Å². The highest BCUT2D eigenvalue weighted by molar-refractivity contribution is 6.10. The van der Waals surface area contributed by atoms with Crippen molar-refractivity contribution in [2.45, 2.75) is 25.2 Å². The summed E-state index contributed by atoms with van der Waals surface area (Å²) in [7, 11) is 0. The minimum absolute atomic E-state index is 0.0555. The molecule has 8 aromatic carbocycles. The largest absolute Gasteiger partial charge is 0.308 e. The summed E-state index contributed by atoms with van der Waals surface area (Å²) in [6.45, 7) is 4.74. The maximum Gasteiger partial charge on any atom is 0.162 e. The summed E-state index contributed by atoms with van der Waals surface area (Å²) in [4.78, 5) is 10.7. The van der Waals surface area contributed by atoms with Crippen LogP contribution in [0.1, 0.15) is 53.1 Å². The number of nitrogens with zero attached hydrogens (tertiary/aromatic N) is 4. The van der Waals surface area contributed by atoms with Gasteiger partial charge in [0.1, 0.15) is 11.6 Å². The smallest absolute Gasteiger partial charge is 0.162 e. The average Bonchev–Trinajstić information content (AvgIpc) is 3.65. The first kappa shape index (κ1) is 36.2. The van der Waals surface area contributed by atoms with Gasteiger partial charge >= 0.3 is 0 Å². The first-order valence-corrected chi connectivity index (χ1v) is 20.8. The lowest BCUT2D eigenvalue weighted by molar-refractivity contribution is 0.598. The van der Waals surface area contributed by atoms with Gasteiger partial charge in [0, 0.05) is 38.8 Å². The van der Waals surface area contributed by atoms with Crippen LogP contribution in [0.3, 0.4) is 0 Å². The normalized spacial score (nSPS) is 14.0. The highest BCUT2D eigenvalue weighted by Crippen LogP contribution is 2.51. The molecule has 288 valence electrons. The number of hydrogen-bond donors (Lipinski definition) is 0. The number of rotatable bonds is 6. The maximum atomic E-state index is 10.8. The van der Waals surface area contributed by atoms with Crippen molar-refractivity contribution in [3.8, 4) is 56.8 Å². The minimum Gasteiger partial charge on any atom is -0.308 e. The second-order valence-electron chi connectivity index (χ2n) is 16.4. The summed E-state index contributed by atoms with van der Waals surface area (Å²) in [6.07, 6.45) is 0. The zero-order valence-corrected chi connectivity index (χ0v) is 33.9. The van der Waals surface area contributed by atoms with Crippen molar-refractivity contribution in [2.24, 2.45) is 0 Å². The molecule has 0 N–H and O–H groups in total. The number of para-hydroxylation sites is 1. The molecular weight excluding hydrogens is 741 g/mol. The van der Waals surface area contributed by atoms with E-state index in [-0.39, 0.29) is 11.3 Å². The Balaban J connectivity index is 1.25. The van der Waals surface area contributed by atoms with E-state index in [1.165, 1.54) is 38.6 Å². The number of hydrogen-bond acceptors (Lipinski definition) is 3. The van der Waals surface area contributed by atoms with Gasteiger partial charge in [-0.25, -0.2) is 9.97 Å². The molecule has 2 aromatic heterocycles. The summed E-state index contributed by atoms with van der Waals surface area (Å²) in [5, 5.41) is 13.2. The van der Waals surface area contributed by atoms with E-state index in [1.54, 1.807) is 0 Å². The second-order valence-corrected chi connectivity index (χ2v) is 16.4. The maximum absolute atomic E-state index is 10.8. The van der Waals surface area contributed by atoms with Gasteiger partial charge in [0.05, 0.1) is 28.1 Å². The van der Waals surface area contributed by atoms with Crippen LogP contribution in [-0.4, -0.2) is 14.5 Å². The molecule has 1 aliphatic rings. The average molecular weight is 781 g/mol. The standard InChI is InChI=1S/C57H40N4/c1-57(2)48-29-17-15-28-43(48)53(38-21-9-4-10-22-38)45-35-52-44(34-49(45)57)42-27-16-18-30-50(42)61(52)51-32-31-41(37-19-7-3-8-20-37)33-46(51)56-59-54(39-23-11-5-12-24-39)47(36-58)55(60-56)40-25-13-6-14-26-40/h3-35,53H,1-2H3. The molecule has 10 aromatic rings. The molecule has 4 nitrogen and oxygen atoms in total. The Bertz CT molecular complexity index is 3260. The zero-order valence-electron chi connectivity index (χ0n) is 33.9. The van der Waals surface area contributed by atoms with E-state index in [9.17, 15) is 5.26 Å². The minimum atomic E-state index is -0.227. The molecule has 0 aliphatic heterocycles. The van der Waals surface area contributed by atoms with E-state index in [0.717, 1.165) is 44.5 Å². The molecular formula is C57H40N4. The van der Waals surface area contributed by atoms with Gasteiger partial charge in [-0.3, -0.25) is 0 Å². The van der Waals surface area contributed by atoms with E-state index in [0.29, 0.717) is 22.8 Å². The van der Waals surface area contributed by atoms with Gasteiger partial charge in [-0.15, -0.1) is 0 Å². The van der Waals surface area contributed by atoms with Crippen molar-refractivity contribution >= 4 is 21.8 Å². The molecule has 0 radical (unpaired) electrons. The van der Waals surface area contributed by atoms with E-state index >= 15 is 0 Å². The lowest BCUT2D eigenvalue weighted by Crippen LogP contribution is -2.29. The van der Waals surface area contributed by atoms with Gasteiger partial charge in [0.15, 0.2) is 5.82 Å². The third kappa shape index (κ3) is 5.89. The van der Waals surface area contributed by atoms with Gasteiger partial charge in [-0.1, -0.05) is 184 Å². The monoisotopic (exact) mass is 780 g/mol. The number of benzene rings is 8. The Labute approximate surface area is 355 Å². The molecule has 61 heavy (non-hydrogen) atoms. The summed E-state index contributed by atoms with van der Waals surface area (Å²) in [6, 6.07) is 73.2. The fourth-order valence-electron chi connectivity index (χ4n) is 9.72. The van der Waals surface area contributed by atoms with Crippen molar-refractivity contribution in [3.05, 3.63) is 234 Å². The first-order chi connectivity index (χ1) is 30.0. The molecule has 4 heteroatoms. The van der Waals surface area contributed by atoms with Crippen LogP contribution in [0.5, 0.6) is 0 Å². The van der Waals surface area contributed by atoms with Gasteiger partial charge in [0.2, 0.25) is 0 Å². The topological polar surface area (TPSA) is 54.5 Å². The number of fused-ring (bicyclic) bond motifs is 5. The Morgan fingerprint density at radius 3 is 1.72 bits per heavy atom. The molecule has 0 saturated carbocycles. The van der Waals surface area contributed by atoms with Gasteiger partial charge < -0.3 is 4.57 Å². The van der Waals surface area contributed by atoms with E-state index in [4.69, 9.17) is 9.97 Å². The molecule has 1 atom stereocenters. The predicted molar refractivity (Wildman–Crippen MR) is 249 cm³/mol. The van der Waals surface area contributed by atoms with E-state index in [2.05, 4.69) is 158 Å². The molecule has 2 heterocycles. The van der Waals surface area contributed by atoms with Crippen LogP contribution in [0.4, 0.5) is 0 Å². The van der Waals surface area contributed by atoms with Crippen molar-refractivity contribution in [1.29, 1.82) is 5.26 Å². The molecule has 0 bridgehead atoms. The van der Waals surface area contributed by atoms with Crippen LogP contribution in [0.25, 0.3) is 72.5 Å². The third-order valence-electron chi connectivity index (χ3n) is 12.6. The highest BCUT2D eigenvalue weighted by atomic mass is 15.0. The molecule has 0 amide bonds. The first-order valence-electron chi connectivity index (χ1n) is 20.8. The summed E-state index contributed by atoms with van der Waals surface area (Å²) >= 11 is 0. The molecule has 1 unspecified atom stereocenters. The predicted octanol–water partition coefficient (Wildman–Crippen LogP) is 13.9. The van der Waals surface area contributed by atoms with Crippen LogP contribution >= 0.6 is 0 Å². The summed E-state index contributed by atoms with van der Waals surface area (Å²) in [5.74, 6) is 0.602. The Morgan fingerprint density at radius 2 is 1.07 bits per heavy atom. The SMILES string of the molecule is CC1(C)c2ccccc2C(c2ccccc2)c2cc3c(cc21)c1ccccc1n3-c1ccc(-c2ccccc2)cc1-c1nc(-c2ccccc2)c(C#N)c(-c2ccccc2)n1. The number of nitriles is 1. The van der Waals surface area contributed by atoms with Crippen molar-refractivity contribution in [1.82, 2.24) is 14.5 Å². The van der Waals surface area contributed by atoms with Crippen molar-refractivity contribution in [2.75, 3.05) is 0 Å². The van der Waals surface area contributed by atoms with Crippen molar-refractivity contribution in [3.63, 3.8) is 0 Å². The Morgan fingerprint density at radius 1 is 0.492 bits per heavy atom. The summed E-state index contributed by atoms with van der Waals surface area (Å²) in [5.41, 5.74) is 15.9. The Kier molecular flexibility index (Phi) is 8.58. The summed E-state index contributed by atoms with van der Waals surface area (Å²) < 4.78 is 2.41. The number of aromatic nitrogens is 3. The molecule has 0 saturated heterocycles. The van der Waals surface area contributed by atoms with Crippen LogP contribution in [-0.2, 0) is 5.41 Å². The second kappa shape index (κ2) is 14.4. The quantitative estimate of drug-likeness (QED) is 0.169. The van der Waals surface area contributed by atoms with Gasteiger partial charge in [-0.05, 0) is 69.3 Å². The molecule has 11 rings (SSSR count). The zero-order chi connectivity index (χ0) is 41.1. The third-order valence-corrected chi connectivity index (χ3v) is 12.6. The van der Waals surface area contributed by atoms with E-state index < -0.39 is 0 Å². The van der Waals surface area contributed by atoms with Crippen LogP contribution < -0.4 is 0 Å². The molecule has 1 aliphatic carbocycles. The lowest BCUT2D eigenvalue weighted by Gasteiger charge is -2.40. The molecule has 0 spiro atoms. The lowest BCUT2D eigenvalue weighted by atomic mass is 9.63. The Hall–Kier alpha value is -7.87. The van der Waals surface area contributed by atoms with Crippen molar-refractivity contribution < 1.29 is 0 Å². The van der Waals surface area contributed by atoms with Crippen LogP contribution in [0.15, 0.2) is 200 Å². The van der Waals surface area contributed by atoms with Gasteiger partial charge in [0.25, 0.3) is 0 Å². The van der Waals surface area contributed by atoms with Gasteiger partial charge in [-0.2, -0.15) is 5.26 Å².